The minimum Gasteiger partial charge on any atom is -0.429 e. The summed E-state index contributed by atoms with van der Waals surface area (Å²) in [5.41, 5.74) is 0. The molecule has 0 bridgehead atoms. The van der Waals surface area contributed by atoms with Gasteiger partial charge in [0.1, 0.15) is 13.3 Å². The maximum atomic E-state index is 11.0. The average Bonchev–Trinajstić information content (AvgIpc) is 1.83. The van der Waals surface area contributed by atoms with Gasteiger partial charge in [-0.15, -0.1) is 0 Å². The number of alkyl halides is 1. The second-order valence-electron chi connectivity index (χ2n) is 0.865. The van der Waals surface area contributed by atoms with Gasteiger partial charge in [-0.05, 0) is 0 Å². The Morgan fingerprint density at radius 2 is 2.25 bits per heavy atom. The van der Waals surface area contributed by atoms with Crippen LogP contribution in [0.4, 0.5) is 13.7 Å². The maximum absolute atomic E-state index is 11.0. The van der Waals surface area contributed by atoms with Gasteiger partial charge in [-0.1, -0.05) is 0 Å². The monoisotopic (exact) mass is 126 g/mol. The van der Waals surface area contributed by atoms with Gasteiger partial charge in [0.15, 0.2) is 0 Å². The number of hydrogen-bond donors (Lipinski definition) is 0. The van der Waals surface area contributed by atoms with Crippen LogP contribution in [-0.2, 0) is 9.68 Å². The Labute approximate surface area is 44.1 Å². The standard InChI is InChI=1S/C3H4F2O3/c4-1-2-7-3(6)8-5/h1-2H2. The smallest absolute Gasteiger partial charge is 0.429 e. The number of ether oxygens (including phenoxy) is 1. The molecule has 5 heteroatoms. The molecule has 8 heavy (non-hydrogen) atoms. The van der Waals surface area contributed by atoms with Crippen molar-refractivity contribution in [3.63, 3.8) is 0 Å². The van der Waals surface area contributed by atoms with E-state index in [0.29, 0.717) is 0 Å². The molecule has 0 aliphatic heterocycles. The van der Waals surface area contributed by atoms with Crippen molar-refractivity contribution in [1.29, 1.82) is 0 Å². The third-order valence-electron chi connectivity index (χ3n) is 0.360. The lowest BCUT2D eigenvalue weighted by Gasteiger charge is -1.92. The third kappa shape index (κ3) is 3.32. The summed E-state index contributed by atoms with van der Waals surface area (Å²) in [6, 6.07) is 0. The van der Waals surface area contributed by atoms with Gasteiger partial charge in [0.05, 0.1) is 0 Å². The summed E-state index contributed by atoms with van der Waals surface area (Å²) in [5, 5.41) is 0. The van der Waals surface area contributed by atoms with Crippen molar-refractivity contribution in [2.24, 2.45) is 0 Å². The van der Waals surface area contributed by atoms with Crippen molar-refractivity contribution in [2.75, 3.05) is 13.3 Å². The van der Waals surface area contributed by atoms with Gasteiger partial charge in [-0.3, -0.25) is 0 Å². The van der Waals surface area contributed by atoms with Gasteiger partial charge < -0.3 is 4.74 Å². The van der Waals surface area contributed by atoms with Crippen LogP contribution in [0.2, 0.25) is 0 Å². The van der Waals surface area contributed by atoms with E-state index in [4.69, 9.17) is 0 Å². The molecular formula is C3H4F2O3. The average molecular weight is 126 g/mol. The molecular weight excluding hydrogens is 122 g/mol. The Morgan fingerprint density at radius 1 is 1.62 bits per heavy atom. The molecule has 0 amide bonds. The van der Waals surface area contributed by atoms with Gasteiger partial charge >= 0.3 is 6.16 Å². The highest BCUT2D eigenvalue weighted by atomic mass is 19.3. The van der Waals surface area contributed by atoms with Gasteiger partial charge in [0.2, 0.25) is 0 Å². The number of halogens is 2. The first kappa shape index (κ1) is 7.13. The summed E-state index contributed by atoms with van der Waals surface area (Å²) in [4.78, 5) is 12.1. The normalized spacial score (nSPS) is 8.25. The SMILES string of the molecule is O=C(OF)OCCF. The van der Waals surface area contributed by atoms with E-state index in [1.54, 1.807) is 0 Å². The lowest BCUT2D eigenvalue weighted by Crippen LogP contribution is -2.04. The third-order valence-corrected chi connectivity index (χ3v) is 0.360. The van der Waals surface area contributed by atoms with E-state index in [9.17, 15) is 13.7 Å². The van der Waals surface area contributed by atoms with Crippen molar-refractivity contribution < 1.29 is 23.4 Å². The van der Waals surface area contributed by atoms with Crippen molar-refractivity contribution in [3.8, 4) is 0 Å². The van der Waals surface area contributed by atoms with Crippen molar-refractivity contribution >= 4 is 6.16 Å². The molecule has 48 valence electrons. The van der Waals surface area contributed by atoms with E-state index in [2.05, 4.69) is 9.68 Å². The van der Waals surface area contributed by atoms with Crippen LogP contribution >= 0.6 is 0 Å². The first-order valence-corrected chi connectivity index (χ1v) is 1.82. The largest absolute Gasteiger partial charge is 0.544 e. The van der Waals surface area contributed by atoms with E-state index < -0.39 is 19.4 Å². The fraction of sp³-hybridized carbons (Fsp3) is 0.667. The molecule has 0 aromatic carbocycles. The summed E-state index contributed by atoms with van der Waals surface area (Å²) in [7, 11) is 0. The fourth-order valence-corrected chi connectivity index (χ4v) is 0.144. The molecule has 0 spiro atoms. The maximum Gasteiger partial charge on any atom is 0.544 e. The molecule has 0 heterocycles. The highest BCUT2D eigenvalue weighted by Gasteiger charge is 2.00. The summed E-state index contributed by atoms with van der Waals surface area (Å²) < 4.78 is 25.4. The molecule has 3 nitrogen and oxygen atoms in total. The second kappa shape index (κ2) is 4.29. The lowest BCUT2D eigenvalue weighted by molar-refractivity contribution is -0.101. The van der Waals surface area contributed by atoms with Gasteiger partial charge in [0, 0.05) is 4.53 Å². The zero-order valence-electron chi connectivity index (χ0n) is 3.89. The molecule has 0 aromatic rings. The van der Waals surface area contributed by atoms with Crippen LogP contribution in [0.1, 0.15) is 0 Å². The predicted octanol–water partition coefficient (Wildman–Crippen LogP) is 0.994. The Hall–Kier alpha value is -0.870. The Morgan fingerprint density at radius 3 is 2.62 bits per heavy atom. The first-order chi connectivity index (χ1) is 3.81. The van der Waals surface area contributed by atoms with Crippen LogP contribution in [-0.4, -0.2) is 19.4 Å². The fourth-order valence-electron chi connectivity index (χ4n) is 0.144. The quantitative estimate of drug-likeness (QED) is 0.517. The number of carbonyl (C=O) groups excluding carboxylic acids is 1. The molecule has 0 atom stereocenters. The summed E-state index contributed by atoms with van der Waals surface area (Å²) in [6.07, 6.45) is -1.51. The lowest BCUT2D eigenvalue weighted by atomic mass is 10.8. The Balaban J connectivity index is 2.99. The molecule has 0 aliphatic rings. The minimum atomic E-state index is -1.51. The molecule has 0 radical (unpaired) electrons. The molecule has 0 fully saturated rings. The zero-order chi connectivity index (χ0) is 6.41. The highest BCUT2D eigenvalue weighted by Crippen LogP contribution is 1.83. The van der Waals surface area contributed by atoms with Crippen LogP contribution < -0.4 is 0 Å². The van der Waals surface area contributed by atoms with Crippen LogP contribution in [0, 0.1) is 0 Å². The molecule has 0 N–H and O–H groups in total. The summed E-state index contributed by atoms with van der Waals surface area (Å²) in [5.74, 6) is 0. The molecule has 0 aromatic heterocycles. The van der Waals surface area contributed by atoms with Crippen LogP contribution in [0.5, 0.6) is 0 Å². The topological polar surface area (TPSA) is 35.5 Å². The Kier molecular flexibility index (Phi) is 3.83. The van der Waals surface area contributed by atoms with Crippen molar-refractivity contribution in [3.05, 3.63) is 0 Å². The van der Waals surface area contributed by atoms with Gasteiger partial charge in [-0.2, -0.15) is 0 Å². The van der Waals surface area contributed by atoms with E-state index in [-0.39, 0.29) is 0 Å². The number of rotatable bonds is 2. The van der Waals surface area contributed by atoms with E-state index in [0.717, 1.165) is 0 Å². The highest BCUT2D eigenvalue weighted by molar-refractivity contribution is 5.58. The molecule has 0 unspecified atom stereocenters. The van der Waals surface area contributed by atoms with E-state index >= 15 is 0 Å². The molecule has 0 rings (SSSR count). The number of carbonyl (C=O) groups is 1. The molecule has 0 saturated heterocycles. The predicted molar refractivity (Wildman–Crippen MR) is 19.5 cm³/mol. The second-order valence-corrected chi connectivity index (χ2v) is 0.865. The van der Waals surface area contributed by atoms with Crippen LogP contribution in [0.15, 0.2) is 0 Å². The van der Waals surface area contributed by atoms with Gasteiger partial charge in [0.25, 0.3) is 0 Å². The minimum absolute atomic E-state index is 0.469. The Bertz CT molecular complexity index is 74.9. The zero-order valence-corrected chi connectivity index (χ0v) is 3.89. The van der Waals surface area contributed by atoms with Crippen molar-refractivity contribution in [1.82, 2.24) is 0 Å². The number of hydrogen-bond acceptors (Lipinski definition) is 3. The molecule has 0 aliphatic carbocycles. The van der Waals surface area contributed by atoms with E-state index in [1.807, 2.05) is 0 Å². The van der Waals surface area contributed by atoms with Crippen LogP contribution in [0.3, 0.4) is 0 Å². The summed E-state index contributed by atoms with van der Waals surface area (Å²) in [6.45, 7) is -1.31. The van der Waals surface area contributed by atoms with Crippen molar-refractivity contribution in [2.45, 2.75) is 0 Å². The molecule has 0 saturated carbocycles. The van der Waals surface area contributed by atoms with Crippen LogP contribution in [0.25, 0.3) is 0 Å². The van der Waals surface area contributed by atoms with E-state index in [1.165, 1.54) is 0 Å². The van der Waals surface area contributed by atoms with Gasteiger partial charge in [-0.25, -0.2) is 14.1 Å². The summed E-state index contributed by atoms with van der Waals surface area (Å²) >= 11 is 0. The first-order valence-electron chi connectivity index (χ1n) is 1.82.